The van der Waals surface area contributed by atoms with Gasteiger partial charge >= 0.3 is 5.97 Å². The van der Waals surface area contributed by atoms with Crippen LogP contribution in [0.15, 0.2) is 11.6 Å². The Morgan fingerprint density at radius 3 is 2.07 bits per heavy atom. The summed E-state index contributed by atoms with van der Waals surface area (Å²) >= 11 is 0. The summed E-state index contributed by atoms with van der Waals surface area (Å²) < 4.78 is 0. The first-order chi connectivity index (χ1) is 6.84. The average molecular weight is 213 g/mol. The van der Waals surface area contributed by atoms with Crippen molar-refractivity contribution in [2.45, 2.75) is 39.7 Å². The Morgan fingerprint density at radius 1 is 1.47 bits per heavy atom. The fourth-order valence-electron chi connectivity index (χ4n) is 1.02. The van der Waals surface area contributed by atoms with Crippen molar-refractivity contribution >= 4 is 11.8 Å². The summed E-state index contributed by atoms with van der Waals surface area (Å²) in [7, 11) is 0. The molecule has 4 nitrogen and oxygen atoms in total. The third kappa shape index (κ3) is 6.01. The van der Waals surface area contributed by atoms with Gasteiger partial charge in [-0.3, -0.25) is 9.59 Å². The molecule has 0 saturated carbocycles. The predicted octanol–water partition coefficient (Wildman–Crippen LogP) is 1.35. The molecule has 0 spiro atoms. The number of hydrogen-bond acceptors (Lipinski definition) is 3. The Morgan fingerprint density at radius 2 is 2.00 bits per heavy atom. The SMILES string of the molecule is CC(C)[C@H](N)C(=O)O.CC1=CC(=O)CC1. The first kappa shape index (κ1) is 13.8. The number of carbonyl (C=O) groups excluding carboxylic acids is 1. The van der Waals surface area contributed by atoms with Crippen molar-refractivity contribution in [3.63, 3.8) is 0 Å². The zero-order chi connectivity index (χ0) is 12.0. The van der Waals surface area contributed by atoms with Crippen molar-refractivity contribution in [1.82, 2.24) is 0 Å². The van der Waals surface area contributed by atoms with Crippen LogP contribution in [0.5, 0.6) is 0 Å². The zero-order valence-corrected chi connectivity index (χ0v) is 9.49. The van der Waals surface area contributed by atoms with Gasteiger partial charge in [0.2, 0.25) is 0 Å². The third-order valence-corrected chi connectivity index (χ3v) is 2.18. The molecule has 0 bridgehead atoms. The van der Waals surface area contributed by atoms with E-state index in [2.05, 4.69) is 0 Å². The zero-order valence-electron chi connectivity index (χ0n) is 9.49. The maximum atomic E-state index is 10.4. The molecule has 1 aliphatic carbocycles. The Kier molecular flexibility index (Phi) is 5.86. The number of aliphatic carboxylic acids is 1. The van der Waals surface area contributed by atoms with Gasteiger partial charge in [-0.05, 0) is 25.3 Å². The largest absolute Gasteiger partial charge is 0.480 e. The van der Waals surface area contributed by atoms with Gasteiger partial charge in [-0.2, -0.15) is 0 Å². The van der Waals surface area contributed by atoms with E-state index in [9.17, 15) is 9.59 Å². The van der Waals surface area contributed by atoms with Crippen LogP contribution in [0, 0.1) is 5.92 Å². The molecule has 1 rings (SSSR count). The van der Waals surface area contributed by atoms with Crippen molar-refractivity contribution in [1.29, 1.82) is 0 Å². The van der Waals surface area contributed by atoms with Gasteiger partial charge in [0.1, 0.15) is 6.04 Å². The smallest absolute Gasteiger partial charge is 0.320 e. The number of rotatable bonds is 2. The lowest BCUT2D eigenvalue weighted by atomic mass is 10.1. The molecule has 1 atom stereocenters. The molecule has 0 saturated heterocycles. The van der Waals surface area contributed by atoms with E-state index in [0.29, 0.717) is 0 Å². The lowest BCUT2D eigenvalue weighted by Crippen LogP contribution is -2.34. The minimum atomic E-state index is -0.931. The average Bonchev–Trinajstić information content (AvgIpc) is 2.49. The number of allylic oxidation sites excluding steroid dienone is 2. The van der Waals surface area contributed by atoms with Crippen molar-refractivity contribution in [3.05, 3.63) is 11.6 Å². The summed E-state index contributed by atoms with van der Waals surface area (Å²) in [6.07, 6.45) is 3.45. The van der Waals surface area contributed by atoms with Crippen LogP contribution in [0.1, 0.15) is 33.6 Å². The molecule has 4 heteroatoms. The summed E-state index contributed by atoms with van der Waals surface area (Å²) in [5.74, 6) is -0.620. The molecule has 0 aromatic heterocycles. The van der Waals surface area contributed by atoms with Gasteiger partial charge in [-0.1, -0.05) is 19.4 Å². The van der Waals surface area contributed by atoms with Crippen LogP contribution < -0.4 is 5.73 Å². The highest BCUT2D eigenvalue weighted by Gasteiger charge is 2.14. The second-order valence-electron chi connectivity index (χ2n) is 4.07. The van der Waals surface area contributed by atoms with E-state index < -0.39 is 12.0 Å². The Bertz CT molecular complexity index is 269. The van der Waals surface area contributed by atoms with Gasteiger partial charge in [0, 0.05) is 6.42 Å². The van der Waals surface area contributed by atoms with Crippen LogP contribution >= 0.6 is 0 Å². The van der Waals surface area contributed by atoms with E-state index in [1.165, 1.54) is 5.57 Å². The Balaban J connectivity index is 0.000000262. The number of nitrogens with two attached hydrogens (primary N) is 1. The summed E-state index contributed by atoms with van der Waals surface area (Å²) in [5.41, 5.74) is 6.39. The Hall–Kier alpha value is -1.16. The molecule has 0 radical (unpaired) electrons. The molecular formula is C11H19NO3. The van der Waals surface area contributed by atoms with Gasteiger partial charge in [0.05, 0.1) is 0 Å². The first-order valence-electron chi connectivity index (χ1n) is 5.03. The van der Waals surface area contributed by atoms with Crippen LogP contribution in [0.25, 0.3) is 0 Å². The van der Waals surface area contributed by atoms with Crippen molar-refractivity contribution in [3.8, 4) is 0 Å². The molecule has 0 heterocycles. The second-order valence-corrected chi connectivity index (χ2v) is 4.07. The minimum absolute atomic E-state index is 0.0208. The fraction of sp³-hybridized carbons (Fsp3) is 0.636. The van der Waals surface area contributed by atoms with Crippen LogP contribution in [-0.2, 0) is 9.59 Å². The fourth-order valence-corrected chi connectivity index (χ4v) is 1.02. The molecule has 0 fully saturated rings. The van der Waals surface area contributed by atoms with E-state index in [1.54, 1.807) is 19.9 Å². The first-order valence-corrected chi connectivity index (χ1v) is 5.03. The molecule has 15 heavy (non-hydrogen) atoms. The lowest BCUT2D eigenvalue weighted by Gasteiger charge is -2.07. The highest BCUT2D eigenvalue weighted by atomic mass is 16.4. The Labute approximate surface area is 90.2 Å². The maximum absolute atomic E-state index is 10.4. The van der Waals surface area contributed by atoms with Gasteiger partial charge in [-0.25, -0.2) is 0 Å². The van der Waals surface area contributed by atoms with Gasteiger partial charge in [0.15, 0.2) is 5.78 Å². The minimum Gasteiger partial charge on any atom is -0.480 e. The second kappa shape index (κ2) is 6.35. The number of ketones is 1. The standard InChI is InChI=1S/C6H8O.C5H11NO2/c1-5-2-3-6(7)4-5;1-3(2)4(6)5(7)8/h4H,2-3H2,1H3;3-4H,6H2,1-2H3,(H,7,8)/t;4-/m.0/s1. The number of carboxylic acids is 1. The highest BCUT2D eigenvalue weighted by molar-refractivity contribution is 5.92. The van der Waals surface area contributed by atoms with E-state index in [4.69, 9.17) is 10.8 Å². The molecule has 0 aromatic rings. The normalized spacial score (nSPS) is 16.9. The van der Waals surface area contributed by atoms with Crippen LogP contribution in [0.3, 0.4) is 0 Å². The third-order valence-electron chi connectivity index (χ3n) is 2.18. The highest BCUT2D eigenvalue weighted by Crippen LogP contribution is 2.12. The molecule has 86 valence electrons. The molecule has 0 aliphatic heterocycles. The maximum Gasteiger partial charge on any atom is 0.320 e. The van der Waals surface area contributed by atoms with E-state index in [-0.39, 0.29) is 11.7 Å². The van der Waals surface area contributed by atoms with E-state index in [0.717, 1.165) is 12.8 Å². The number of carbonyl (C=O) groups is 2. The summed E-state index contributed by atoms with van der Waals surface area (Å²) in [6.45, 7) is 5.54. The summed E-state index contributed by atoms with van der Waals surface area (Å²) in [4.78, 5) is 20.4. The van der Waals surface area contributed by atoms with Crippen molar-refractivity contribution in [2.24, 2.45) is 11.7 Å². The van der Waals surface area contributed by atoms with Crippen LogP contribution in [0.2, 0.25) is 0 Å². The van der Waals surface area contributed by atoms with Gasteiger partial charge in [0.25, 0.3) is 0 Å². The van der Waals surface area contributed by atoms with E-state index in [1.807, 2.05) is 6.92 Å². The van der Waals surface area contributed by atoms with Crippen molar-refractivity contribution in [2.75, 3.05) is 0 Å². The monoisotopic (exact) mass is 213 g/mol. The molecular weight excluding hydrogens is 194 g/mol. The van der Waals surface area contributed by atoms with E-state index >= 15 is 0 Å². The van der Waals surface area contributed by atoms with Gasteiger partial charge < -0.3 is 10.8 Å². The van der Waals surface area contributed by atoms with Crippen LogP contribution in [-0.4, -0.2) is 22.9 Å². The quantitative estimate of drug-likeness (QED) is 0.725. The van der Waals surface area contributed by atoms with Crippen molar-refractivity contribution < 1.29 is 14.7 Å². The predicted molar refractivity (Wildman–Crippen MR) is 58.4 cm³/mol. The molecule has 0 unspecified atom stereocenters. The summed E-state index contributed by atoms with van der Waals surface area (Å²) in [5, 5.41) is 8.23. The summed E-state index contributed by atoms with van der Waals surface area (Å²) in [6, 6.07) is -0.713. The van der Waals surface area contributed by atoms with Gasteiger partial charge in [-0.15, -0.1) is 0 Å². The lowest BCUT2D eigenvalue weighted by molar-refractivity contribution is -0.139. The molecule has 0 amide bonds. The topological polar surface area (TPSA) is 80.4 Å². The molecule has 1 aliphatic rings. The van der Waals surface area contributed by atoms with Crippen LogP contribution in [0.4, 0.5) is 0 Å². The number of carboxylic acid groups (broad SMARTS) is 1. The molecule has 3 N–H and O–H groups in total. The molecule has 0 aromatic carbocycles. The number of hydrogen-bond donors (Lipinski definition) is 2.